The van der Waals surface area contributed by atoms with Gasteiger partial charge in [-0.3, -0.25) is 9.59 Å². The highest BCUT2D eigenvalue weighted by Gasteiger charge is 2.38. The number of rotatable bonds is 19. The van der Waals surface area contributed by atoms with Gasteiger partial charge in [0, 0.05) is 13.0 Å². The van der Waals surface area contributed by atoms with Crippen molar-refractivity contribution in [3.05, 3.63) is 0 Å². The quantitative estimate of drug-likeness (QED) is 0.177. The Kier molecular flexibility index (Phi) is 16.7. The summed E-state index contributed by atoms with van der Waals surface area (Å²) >= 11 is 0. The van der Waals surface area contributed by atoms with Crippen LogP contribution >= 0.6 is 0 Å². The molecule has 2 atom stereocenters. The van der Waals surface area contributed by atoms with Gasteiger partial charge in [0.15, 0.2) is 0 Å². The van der Waals surface area contributed by atoms with Gasteiger partial charge in [0.05, 0.1) is 7.11 Å². The molecule has 0 radical (unpaired) electrons. The van der Waals surface area contributed by atoms with Crippen LogP contribution in [0.5, 0.6) is 0 Å². The van der Waals surface area contributed by atoms with Gasteiger partial charge >= 0.3 is 5.97 Å². The zero-order valence-corrected chi connectivity index (χ0v) is 22.5. The first kappa shape index (κ1) is 30.4. The number of nitrogens with one attached hydrogen (secondary N) is 1. The number of methoxy groups -OCH3 is 1. The number of carbonyl (C=O) groups excluding carboxylic acids is 3. The first-order valence-electron chi connectivity index (χ1n) is 14.1. The summed E-state index contributed by atoms with van der Waals surface area (Å²) in [5, 5.41) is 2.96. The maximum Gasteiger partial charge on any atom is 0.328 e. The van der Waals surface area contributed by atoms with Gasteiger partial charge in [-0.25, -0.2) is 4.79 Å². The second-order valence-electron chi connectivity index (χ2n) is 10.5. The molecule has 1 N–H and O–H groups in total. The molecule has 6 heteroatoms. The predicted octanol–water partition coefficient (Wildman–Crippen LogP) is 6.16. The number of likely N-dealkylation sites (tertiary alicyclic amines) is 1. The number of esters is 1. The molecule has 0 aromatic rings. The van der Waals surface area contributed by atoms with Crippen molar-refractivity contribution in [2.24, 2.45) is 5.92 Å². The van der Waals surface area contributed by atoms with E-state index < -0.39 is 12.1 Å². The van der Waals surface area contributed by atoms with Crippen LogP contribution in [0.15, 0.2) is 0 Å². The Labute approximate surface area is 208 Å². The minimum Gasteiger partial charge on any atom is -0.467 e. The molecule has 0 aromatic heterocycles. The molecular weight excluding hydrogens is 428 g/mol. The van der Waals surface area contributed by atoms with Crippen molar-refractivity contribution >= 4 is 17.8 Å². The molecule has 1 aliphatic rings. The highest BCUT2D eigenvalue weighted by atomic mass is 16.5. The van der Waals surface area contributed by atoms with Crippen LogP contribution in [0.2, 0.25) is 0 Å². The second kappa shape index (κ2) is 18.7. The molecule has 34 heavy (non-hydrogen) atoms. The second-order valence-corrected chi connectivity index (χ2v) is 10.5. The highest BCUT2D eigenvalue weighted by molar-refractivity contribution is 5.91. The number of nitrogens with zero attached hydrogens (tertiary/aromatic N) is 1. The predicted molar refractivity (Wildman–Crippen MR) is 138 cm³/mol. The van der Waals surface area contributed by atoms with E-state index in [-0.39, 0.29) is 23.7 Å². The molecule has 198 valence electrons. The van der Waals surface area contributed by atoms with Crippen molar-refractivity contribution < 1.29 is 19.1 Å². The molecule has 0 aromatic carbocycles. The van der Waals surface area contributed by atoms with Crippen LogP contribution < -0.4 is 5.32 Å². The summed E-state index contributed by atoms with van der Waals surface area (Å²) in [6.45, 7) is 6.89. The summed E-state index contributed by atoms with van der Waals surface area (Å²) in [7, 11) is 1.35. The summed E-state index contributed by atoms with van der Waals surface area (Å²) in [4.78, 5) is 39.3. The molecule has 1 aliphatic heterocycles. The van der Waals surface area contributed by atoms with Gasteiger partial charge in [0.2, 0.25) is 11.8 Å². The van der Waals surface area contributed by atoms with Crippen LogP contribution in [-0.4, -0.2) is 48.4 Å². The molecule has 0 aliphatic carbocycles. The number of ether oxygens (including phenoxy) is 1. The Morgan fingerprint density at radius 2 is 1.41 bits per heavy atom. The summed E-state index contributed by atoms with van der Waals surface area (Å²) in [6.07, 6.45) is 19.0. The van der Waals surface area contributed by atoms with Crippen molar-refractivity contribution in [3.8, 4) is 0 Å². The Balaban J connectivity index is 2.24. The van der Waals surface area contributed by atoms with Gasteiger partial charge in [-0.05, 0) is 31.6 Å². The summed E-state index contributed by atoms with van der Waals surface area (Å²) < 4.78 is 4.87. The number of hydrogen-bond acceptors (Lipinski definition) is 4. The highest BCUT2D eigenvalue weighted by Crippen LogP contribution is 2.21. The molecule has 6 nitrogen and oxygen atoms in total. The summed E-state index contributed by atoms with van der Waals surface area (Å²) in [5.41, 5.74) is 0. The Morgan fingerprint density at radius 3 is 1.91 bits per heavy atom. The zero-order valence-electron chi connectivity index (χ0n) is 22.5. The SMILES string of the molecule is CCCCCCCCCCCCCCCC(=O)N[C@@H](CC(C)C)C(=O)N1CCC[C@H]1C(=O)OC. The minimum absolute atomic E-state index is 0.0594. The number of amides is 2. The van der Waals surface area contributed by atoms with Gasteiger partial charge in [0.25, 0.3) is 0 Å². The fraction of sp³-hybridized carbons (Fsp3) is 0.893. The van der Waals surface area contributed by atoms with Gasteiger partial charge in [-0.1, -0.05) is 97.8 Å². The fourth-order valence-electron chi connectivity index (χ4n) is 4.87. The largest absolute Gasteiger partial charge is 0.467 e. The fourth-order valence-corrected chi connectivity index (χ4v) is 4.87. The van der Waals surface area contributed by atoms with E-state index in [2.05, 4.69) is 12.2 Å². The third kappa shape index (κ3) is 12.8. The van der Waals surface area contributed by atoms with E-state index in [0.717, 1.165) is 19.3 Å². The molecule has 0 unspecified atom stereocenters. The van der Waals surface area contributed by atoms with Crippen LogP contribution in [-0.2, 0) is 19.1 Å². The summed E-state index contributed by atoms with van der Waals surface area (Å²) in [6, 6.07) is -1.09. The Bertz CT molecular complexity index is 579. The molecule has 0 bridgehead atoms. The van der Waals surface area contributed by atoms with Gasteiger partial charge in [-0.2, -0.15) is 0 Å². The molecule has 1 saturated heterocycles. The lowest BCUT2D eigenvalue weighted by Gasteiger charge is -2.28. The average Bonchev–Trinajstić information content (AvgIpc) is 3.30. The third-order valence-electron chi connectivity index (χ3n) is 6.86. The molecule has 0 saturated carbocycles. The zero-order chi connectivity index (χ0) is 25.2. The minimum atomic E-state index is -0.570. The molecule has 1 rings (SSSR count). The van der Waals surface area contributed by atoms with Crippen LogP contribution in [0.4, 0.5) is 0 Å². The third-order valence-corrected chi connectivity index (χ3v) is 6.86. The van der Waals surface area contributed by atoms with Gasteiger partial charge < -0.3 is 15.0 Å². The normalized spacial score (nSPS) is 16.6. The van der Waals surface area contributed by atoms with Crippen molar-refractivity contribution in [3.63, 3.8) is 0 Å². The van der Waals surface area contributed by atoms with E-state index in [9.17, 15) is 14.4 Å². The monoisotopic (exact) mass is 480 g/mol. The first-order chi connectivity index (χ1) is 16.4. The van der Waals surface area contributed by atoms with Crippen molar-refractivity contribution in [1.29, 1.82) is 0 Å². The maximum absolute atomic E-state index is 13.1. The van der Waals surface area contributed by atoms with Crippen molar-refractivity contribution in [2.75, 3.05) is 13.7 Å². The van der Waals surface area contributed by atoms with E-state index in [4.69, 9.17) is 4.74 Å². The number of hydrogen-bond donors (Lipinski definition) is 1. The van der Waals surface area contributed by atoms with E-state index in [1.54, 1.807) is 4.90 Å². The van der Waals surface area contributed by atoms with Gasteiger partial charge in [0.1, 0.15) is 12.1 Å². The summed E-state index contributed by atoms with van der Waals surface area (Å²) in [5.74, 6) is -0.312. The number of unbranched alkanes of at least 4 members (excludes halogenated alkanes) is 12. The van der Waals surface area contributed by atoms with Gasteiger partial charge in [-0.15, -0.1) is 0 Å². The lowest BCUT2D eigenvalue weighted by molar-refractivity contribution is -0.152. The van der Waals surface area contributed by atoms with E-state index >= 15 is 0 Å². The molecule has 2 amide bonds. The van der Waals surface area contributed by atoms with E-state index in [0.29, 0.717) is 25.8 Å². The van der Waals surface area contributed by atoms with E-state index in [1.165, 1.54) is 77.7 Å². The lowest BCUT2D eigenvalue weighted by Crippen LogP contribution is -2.52. The standard InChI is InChI=1S/C28H52N2O4/c1-5-6-7-8-9-10-11-12-13-14-15-16-17-20-26(31)29-24(22-23(2)3)27(32)30-21-18-19-25(30)28(33)34-4/h23-25H,5-22H2,1-4H3,(H,29,31)/t24-,25-/m0/s1. The first-order valence-corrected chi connectivity index (χ1v) is 14.1. The van der Waals surface area contributed by atoms with Crippen LogP contribution in [0.3, 0.4) is 0 Å². The average molecular weight is 481 g/mol. The van der Waals surface area contributed by atoms with Crippen molar-refractivity contribution in [1.82, 2.24) is 10.2 Å². The number of carbonyl (C=O) groups is 3. The maximum atomic E-state index is 13.1. The lowest BCUT2D eigenvalue weighted by atomic mass is 10.0. The van der Waals surface area contributed by atoms with Crippen molar-refractivity contribution in [2.45, 2.75) is 142 Å². The molecule has 0 spiro atoms. The smallest absolute Gasteiger partial charge is 0.328 e. The van der Waals surface area contributed by atoms with Crippen LogP contribution in [0.25, 0.3) is 0 Å². The Morgan fingerprint density at radius 1 is 0.882 bits per heavy atom. The molecule has 1 fully saturated rings. The Hall–Kier alpha value is -1.59. The topological polar surface area (TPSA) is 75.7 Å². The molecular formula is C28H52N2O4. The van der Waals surface area contributed by atoms with Crippen LogP contribution in [0.1, 0.15) is 130 Å². The van der Waals surface area contributed by atoms with E-state index in [1.807, 2.05) is 13.8 Å². The van der Waals surface area contributed by atoms with Crippen LogP contribution in [0, 0.1) is 5.92 Å². The molecule has 1 heterocycles.